The number of carbonyl (C=O) groups excluding carboxylic acids is 2. The summed E-state index contributed by atoms with van der Waals surface area (Å²) in [7, 11) is 0. The lowest BCUT2D eigenvalue weighted by molar-refractivity contribution is -0.126. The second kappa shape index (κ2) is 10.5. The van der Waals surface area contributed by atoms with E-state index in [2.05, 4.69) is 33.2 Å². The van der Waals surface area contributed by atoms with Gasteiger partial charge < -0.3 is 10.2 Å². The van der Waals surface area contributed by atoms with Crippen LogP contribution in [0.15, 0.2) is 21.3 Å². The van der Waals surface area contributed by atoms with Crippen LogP contribution in [0.4, 0.5) is 0 Å². The molecule has 0 saturated carbocycles. The van der Waals surface area contributed by atoms with Crippen molar-refractivity contribution < 1.29 is 9.59 Å². The molecule has 1 atom stereocenters. The zero-order chi connectivity index (χ0) is 19.9. The molecule has 2 aromatic heterocycles. The van der Waals surface area contributed by atoms with Crippen LogP contribution in [-0.4, -0.2) is 41.3 Å². The molecule has 0 bridgehead atoms. The molecule has 0 radical (unpaired) electrons. The van der Waals surface area contributed by atoms with Gasteiger partial charge in [-0.05, 0) is 41.3 Å². The van der Waals surface area contributed by atoms with Crippen LogP contribution >= 0.6 is 38.6 Å². The van der Waals surface area contributed by atoms with Crippen LogP contribution in [0.1, 0.15) is 55.9 Å². The lowest BCUT2D eigenvalue weighted by atomic mass is 9.97. The van der Waals surface area contributed by atoms with Gasteiger partial charge in [0.15, 0.2) is 0 Å². The number of nitrogens with zero attached hydrogens (tertiary/aromatic N) is 2. The smallest absolute Gasteiger partial charge is 0.273 e. The lowest BCUT2D eigenvalue weighted by Crippen LogP contribution is -2.45. The summed E-state index contributed by atoms with van der Waals surface area (Å²) in [5.41, 5.74) is 0.477. The van der Waals surface area contributed by atoms with Crippen LogP contribution in [0, 0.1) is 5.92 Å². The zero-order valence-corrected chi connectivity index (χ0v) is 19.3. The number of hydrogen-bond donors (Lipinski definition) is 1. The maximum Gasteiger partial charge on any atom is 0.273 e. The van der Waals surface area contributed by atoms with Crippen LogP contribution in [0.3, 0.4) is 0 Å². The quantitative estimate of drug-likeness (QED) is 0.525. The Morgan fingerprint density at radius 3 is 2.89 bits per heavy atom. The first-order valence-corrected chi connectivity index (χ1v) is 12.4. The Morgan fingerprint density at radius 1 is 1.29 bits per heavy atom. The van der Waals surface area contributed by atoms with Crippen LogP contribution < -0.4 is 5.32 Å². The molecule has 1 N–H and O–H groups in total. The van der Waals surface area contributed by atoms with E-state index in [0.717, 1.165) is 46.6 Å². The van der Waals surface area contributed by atoms with Gasteiger partial charge in [-0.25, -0.2) is 4.98 Å². The number of nitrogens with one attached hydrogen (secondary N) is 1. The van der Waals surface area contributed by atoms with Crippen molar-refractivity contribution in [2.24, 2.45) is 5.92 Å². The Morgan fingerprint density at radius 2 is 2.14 bits per heavy atom. The van der Waals surface area contributed by atoms with Gasteiger partial charge in [-0.2, -0.15) is 0 Å². The highest BCUT2D eigenvalue weighted by Crippen LogP contribution is 2.32. The molecule has 3 heterocycles. The Bertz CT molecular complexity index is 805. The topological polar surface area (TPSA) is 62.3 Å². The fourth-order valence-electron chi connectivity index (χ4n) is 3.36. The van der Waals surface area contributed by atoms with Crippen molar-refractivity contribution in [1.29, 1.82) is 0 Å². The van der Waals surface area contributed by atoms with Crippen LogP contribution in [0.5, 0.6) is 0 Å². The summed E-state index contributed by atoms with van der Waals surface area (Å²) in [5, 5.41) is 7.73. The number of unbranched alkanes of at least 4 members (excludes halogenated alkanes) is 3. The molecule has 0 aromatic carbocycles. The molecular formula is C20H26BrN3O2S2. The molecule has 3 rings (SSSR count). The lowest BCUT2D eigenvalue weighted by Gasteiger charge is -2.31. The molecule has 0 aliphatic carbocycles. The minimum atomic E-state index is -0.116. The average Bonchev–Trinajstić information content (AvgIpc) is 3.36. The molecule has 28 heavy (non-hydrogen) atoms. The summed E-state index contributed by atoms with van der Waals surface area (Å²) >= 11 is 6.54. The monoisotopic (exact) mass is 483 g/mol. The number of thiazole rings is 1. The van der Waals surface area contributed by atoms with Gasteiger partial charge in [0, 0.05) is 34.9 Å². The Kier molecular flexibility index (Phi) is 8.05. The zero-order valence-electron chi connectivity index (χ0n) is 16.1. The van der Waals surface area contributed by atoms with E-state index in [1.807, 2.05) is 16.8 Å². The second-order valence-electron chi connectivity index (χ2n) is 7.11. The highest BCUT2D eigenvalue weighted by Gasteiger charge is 2.29. The summed E-state index contributed by atoms with van der Waals surface area (Å²) < 4.78 is 1.02. The normalized spacial score (nSPS) is 16.9. The van der Waals surface area contributed by atoms with E-state index in [1.165, 1.54) is 24.2 Å². The van der Waals surface area contributed by atoms with E-state index in [0.29, 0.717) is 18.8 Å². The SMILES string of the molecule is CCCCCCNC(=O)C1CCCN(C(=O)c2csc(-c3cc(Br)cs3)n2)C1. The van der Waals surface area contributed by atoms with Gasteiger partial charge in [0.1, 0.15) is 10.7 Å². The molecule has 1 aliphatic heterocycles. The van der Waals surface area contributed by atoms with Gasteiger partial charge >= 0.3 is 0 Å². The minimum Gasteiger partial charge on any atom is -0.356 e. The molecule has 0 spiro atoms. The Hall–Kier alpha value is -1.25. The summed E-state index contributed by atoms with van der Waals surface area (Å²) in [6, 6.07) is 2.01. The number of likely N-dealkylation sites (tertiary alicyclic amines) is 1. The Labute approximate surface area is 182 Å². The van der Waals surface area contributed by atoms with E-state index >= 15 is 0 Å². The van der Waals surface area contributed by atoms with Gasteiger partial charge in [0.05, 0.1) is 10.8 Å². The highest BCUT2D eigenvalue weighted by atomic mass is 79.9. The van der Waals surface area contributed by atoms with Crippen molar-refractivity contribution in [2.45, 2.75) is 45.4 Å². The summed E-state index contributed by atoms with van der Waals surface area (Å²) in [6.45, 7) is 4.08. The third-order valence-corrected chi connectivity index (χ3v) is 7.61. The average molecular weight is 484 g/mol. The number of amides is 2. The maximum atomic E-state index is 12.9. The van der Waals surface area contributed by atoms with Crippen LogP contribution in [-0.2, 0) is 4.79 Å². The molecule has 1 aliphatic rings. The van der Waals surface area contributed by atoms with Gasteiger partial charge in [0.25, 0.3) is 5.91 Å². The van der Waals surface area contributed by atoms with E-state index in [9.17, 15) is 9.59 Å². The highest BCUT2D eigenvalue weighted by molar-refractivity contribution is 9.10. The molecule has 1 saturated heterocycles. The van der Waals surface area contributed by atoms with Crippen molar-refractivity contribution in [1.82, 2.24) is 15.2 Å². The van der Waals surface area contributed by atoms with Gasteiger partial charge in [0.2, 0.25) is 5.91 Å². The second-order valence-corrected chi connectivity index (χ2v) is 9.79. The van der Waals surface area contributed by atoms with Gasteiger partial charge in [-0.15, -0.1) is 22.7 Å². The van der Waals surface area contributed by atoms with E-state index in [4.69, 9.17) is 0 Å². The number of hydrogen-bond acceptors (Lipinski definition) is 5. The van der Waals surface area contributed by atoms with Crippen molar-refractivity contribution in [3.63, 3.8) is 0 Å². The molecule has 1 fully saturated rings. The van der Waals surface area contributed by atoms with E-state index < -0.39 is 0 Å². The van der Waals surface area contributed by atoms with E-state index in [-0.39, 0.29) is 17.7 Å². The molecular weight excluding hydrogens is 458 g/mol. The Balaban J connectivity index is 1.54. The van der Waals surface area contributed by atoms with Crippen molar-refractivity contribution in [3.05, 3.63) is 27.0 Å². The molecule has 2 amide bonds. The first kappa shape index (κ1) is 21.5. The third-order valence-electron chi connectivity index (χ3n) is 4.91. The first-order chi connectivity index (χ1) is 13.6. The first-order valence-electron chi connectivity index (χ1n) is 9.85. The molecule has 8 heteroatoms. The molecule has 152 valence electrons. The standard InChI is InChI=1S/C20H26BrN3O2S2/c1-2-3-4-5-8-22-18(25)14-7-6-9-24(11-14)20(26)16-13-28-19(23-16)17-10-15(21)12-27-17/h10,12-14H,2-9,11H2,1H3,(H,22,25). The van der Waals surface area contributed by atoms with Crippen molar-refractivity contribution in [2.75, 3.05) is 19.6 Å². The predicted molar refractivity (Wildman–Crippen MR) is 119 cm³/mol. The summed E-state index contributed by atoms with van der Waals surface area (Å²) in [5.74, 6) is -0.106. The molecule has 1 unspecified atom stereocenters. The summed E-state index contributed by atoms with van der Waals surface area (Å²) in [4.78, 5) is 32.7. The molecule has 2 aromatic rings. The number of halogens is 1. The van der Waals surface area contributed by atoms with Crippen LogP contribution in [0.25, 0.3) is 9.88 Å². The number of aromatic nitrogens is 1. The van der Waals surface area contributed by atoms with E-state index in [1.54, 1.807) is 16.2 Å². The van der Waals surface area contributed by atoms with Gasteiger partial charge in [-0.3, -0.25) is 9.59 Å². The largest absolute Gasteiger partial charge is 0.356 e. The predicted octanol–water partition coefficient (Wildman–Crippen LogP) is 5.18. The number of thiophene rings is 1. The maximum absolute atomic E-state index is 12.9. The number of carbonyl (C=O) groups is 2. The fraction of sp³-hybridized carbons (Fsp3) is 0.550. The number of rotatable bonds is 8. The van der Waals surface area contributed by atoms with Crippen molar-refractivity contribution >= 4 is 50.4 Å². The van der Waals surface area contributed by atoms with Gasteiger partial charge in [-0.1, -0.05) is 26.2 Å². The summed E-state index contributed by atoms with van der Waals surface area (Å²) in [6.07, 6.45) is 6.27. The third kappa shape index (κ3) is 5.64. The fourth-order valence-corrected chi connectivity index (χ4v) is 5.66. The molecule has 5 nitrogen and oxygen atoms in total. The van der Waals surface area contributed by atoms with Crippen molar-refractivity contribution in [3.8, 4) is 9.88 Å². The van der Waals surface area contributed by atoms with Crippen LogP contribution in [0.2, 0.25) is 0 Å². The number of piperidine rings is 1. The minimum absolute atomic E-state index is 0.0708.